The van der Waals surface area contributed by atoms with Gasteiger partial charge in [0, 0.05) is 11.4 Å². The second-order valence-corrected chi connectivity index (χ2v) is 6.60. The molecule has 24 heavy (non-hydrogen) atoms. The summed E-state index contributed by atoms with van der Waals surface area (Å²) in [5, 5.41) is 3.57. The molecule has 2 rings (SSSR count). The van der Waals surface area contributed by atoms with Crippen LogP contribution in [0, 0.1) is 6.92 Å². The number of halogens is 1. The van der Waals surface area contributed by atoms with Crippen LogP contribution in [0.3, 0.4) is 0 Å². The van der Waals surface area contributed by atoms with Gasteiger partial charge in [-0.3, -0.25) is 4.79 Å². The molecule has 0 saturated heterocycles. The van der Waals surface area contributed by atoms with E-state index in [1.54, 1.807) is 12.1 Å². The van der Waals surface area contributed by atoms with Gasteiger partial charge in [-0.2, -0.15) is 0 Å². The minimum absolute atomic E-state index is 0.141. The molecule has 0 spiro atoms. The van der Waals surface area contributed by atoms with Crippen molar-refractivity contribution in [1.82, 2.24) is 5.32 Å². The third-order valence-electron chi connectivity index (χ3n) is 4.36. The zero-order valence-electron chi connectivity index (χ0n) is 14.2. The average molecular weight is 354 g/mol. The van der Waals surface area contributed by atoms with E-state index in [9.17, 15) is 9.59 Å². The van der Waals surface area contributed by atoms with E-state index < -0.39 is 5.54 Å². The standard InChI is InChI=1S/C18H24ClNO4/c1-13-12-14(7-8-15(13)19)24-11-5-6-16(21)20-18(17(22)23-2)9-3-4-10-18/h7-8,12H,3-6,9-11H2,1-2H3,(H,20,21). The van der Waals surface area contributed by atoms with Crippen LogP contribution >= 0.6 is 11.6 Å². The summed E-state index contributed by atoms with van der Waals surface area (Å²) >= 11 is 5.97. The van der Waals surface area contributed by atoms with Gasteiger partial charge in [0.2, 0.25) is 5.91 Å². The number of ether oxygens (including phenoxy) is 2. The van der Waals surface area contributed by atoms with Crippen molar-refractivity contribution in [3.8, 4) is 5.75 Å². The molecule has 1 aliphatic carbocycles. The molecule has 0 atom stereocenters. The highest BCUT2D eigenvalue weighted by Gasteiger charge is 2.43. The first-order valence-electron chi connectivity index (χ1n) is 8.25. The fraction of sp³-hybridized carbons (Fsp3) is 0.556. The predicted octanol–water partition coefficient (Wildman–Crippen LogP) is 3.41. The molecular weight excluding hydrogens is 330 g/mol. The zero-order valence-corrected chi connectivity index (χ0v) is 14.9. The minimum atomic E-state index is -0.833. The maximum absolute atomic E-state index is 12.1. The number of rotatable bonds is 7. The van der Waals surface area contributed by atoms with E-state index >= 15 is 0 Å². The third kappa shape index (κ3) is 4.63. The van der Waals surface area contributed by atoms with Gasteiger partial charge in [-0.1, -0.05) is 24.4 Å². The van der Waals surface area contributed by atoms with Gasteiger partial charge in [0.1, 0.15) is 11.3 Å². The Kier molecular flexibility index (Phi) is 6.49. The van der Waals surface area contributed by atoms with Crippen LogP contribution < -0.4 is 10.1 Å². The Hall–Kier alpha value is -1.75. The molecule has 1 N–H and O–H groups in total. The summed E-state index contributed by atoms with van der Waals surface area (Å²) < 4.78 is 10.5. The molecule has 1 aliphatic rings. The van der Waals surface area contributed by atoms with Gasteiger partial charge in [0.05, 0.1) is 13.7 Å². The molecule has 0 unspecified atom stereocenters. The van der Waals surface area contributed by atoms with Crippen molar-refractivity contribution in [2.45, 2.75) is 51.0 Å². The Bertz CT molecular complexity index is 597. The van der Waals surface area contributed by atoms with E-state index in [1.165, 1.54) is 7.11 Å². The summed E-state index contributed by atoms with van der Waals surface area (Å²) in [6.45, 7) is 2.34. The van der Waals surface area contributed by atoms with Gasteiger partial charge in [0.25, 0.3) is 0 Å². The first-order valence-corrected chi connectivity index (χ1v) is 8.63. The first kappa shape index (κ1) is 18.6. The molecule has 6 heteroatoms. The largest absolute Gasteiger partial charge is 0.494 e. The molecule has 132 valence electrons. The van der Waals surface area contributed by atoms with Crippen LogP contribution in [-0.2, 0) is 14.3 Å². The number of amides is 1. The molecule has 0 heterocycles. The fourth-order valence-electron chi connectivity index (χ4n) is 3.01. The summed E-state index contributed by atoms with van der Waals surface area (Å²) in [5.74, 6) is 0.249. The molecule has 0 radical (unpaired) electrons. The fourth-order valence-corrected chi connectivity index (χ4v) is 3.13. The van der Waals surface area contributed by atoms with Gasteiger partial charge in [0.15, 0.2) is 0 Å². The number of benzene rings is 1. The maximum Gasteiger partial charge on any atom is 0.331 e. The van der Waals surface area contributed by atoms with E-state index in [4.69, 9.17) is 21.1 Å². The van der Waals surface area contributed by atoms with Crippen LogP contribution in [0.4, 0.5) is 0 Å². The van der Waals surface area contributed by atoms with Crippen molar-refractivity contribution >= 4 is 23.5 Å². The van der Waals surface area contributed by atoms with Gasteiger partial charge in [-0.05, 0) is 49.9 Å². The molecule has 1 aromatic rings. The van der Waals surface area contributed by atoms with Crippen molar-refractivity contribution in [3.63, 3.8) is 0 Å². The van der Waals surface area contributed by atoms with E-state index in [0.717, 1.165) is 24.2 Å². The van der Waals surface area contributed by atoms with Crippen molar-refractivity contribution < 1.29 is 19.1 Å². The highest BCUT2D eigenvalue weighted by atomic mass is 35.5. The van der Waals surface area contributed by atoms with Crippen LogP contribution in [0.2, 0.25) is 5.02 Å². The highest BCUT2D eigenvalue weighted by Crippen LogP contribution is 2.31. The normalized spacial score (nSPS) is 15.8. The maximum atomic E-state index is 12.1. The molecule has 0 aliphatic heterocycles. The lowest BCUT2D eigenvalue weighted by atomic mass is 9.97. The van der Waals surface area contributed by atoms with Crippen LogP contribution in [0.1, 0.15) is 44.1 Å². The molecular formula is C18H24ClNO4. The van der Waals surface area contributed by atoms with E-state index in [0.29, 0.717) is 37.3 Å². The summed E-state index contributed by atoms with van der Waals surface area (Å²) in [7, 11) is 1.36. The number of hydrogen-bond acceptors (Lipinski definition) is 4. The molecule has 0 bridgehead atoms. The molecule has 0 aromatic heterocycles. The van der Waals surface area contributed by atoms with Gasteiger partial charge in [-0.25, -0.2) is 4.79 Å². The molecule has 1 amide bonds. The third-order valence-corrected chi connectivity index (χ3v) is 4.78. The quantitative estimate of drug-likeness (QED) is 0.602. The lowest BCUT2D eigenvalue weighted by Gasteiger charge is -2.27. The number of carbonyl (C=O) groups is 2. The van der Waals surface area contributed by atoms with Gasteiger partial charge in [-0.15, -0.1) is 0 Å². The molecule has 1 saturated carbocycles. The van der Waals surface area contributed by atoms with E-state index in [-0.39, 0.29) is 11.9 Å². The Morgan fingerprint density at radius 1 is 1.29 bits per heavy atom. The van der Waals surface area contributed by atoms with Crippen LogP contribution in [0.25, 0.3) is 0 Å². The lowest BCUT2D eigenvalue weighted by Crippen LogP contribution is -2.53. The lowest BCUT2D eigenvalue weighted by molar-refractivity contribution is -0.150. The van der Waals surface area contributed by atoms with E-state index in [2.05, 4.69) is 5.32 Å². The Morgan fingerprint density at radius 2 is 2.00 bits per heavy atom. The Labute approximate surface area is 147 Å². The smallest absolute Gasteiger partial charge is 0.331 e. The highest BCUT2D eigenvalue weighted by molar-refractivity contribution is 6.31. The average Bonchev–Trinajstić information content (AvgIpc) is 3.03. The summed E-state index contributed by atoms with van der Waals surface area (Å²) in [6, 6.07) is 5.46. The second-order valence-electron chi connectivity index (χ2n) is 6.19. The number of methoxy groups -OCH3 is 1. The van der Waals surface area contributed by atoms with Crippen molar-refractivity contribution in [1.29, 1.82) is 0 Å². The SMILES string of the molecule is COC(=O)C1(NC(=O)CCCOc2ccc(Cl)c(C)c2)CCCC1. The molecule has 1 fully saturated rings. The van der Waals surface area contributed by atoms with Gasteiger partial charge < -0.3 is 14.8 Å². The first-order chi connectivity index (χ1) is 11.5. The number of hydrogen-bond donors (Lipinski definition) is 1. The topological polar surface area (TPSA) is 64.6 Å². The van der Waals surface area contributed by atoms with Crippen LogP contribution in [-0.4, -0.2) is 31.1 Å². The Balaban J connectivity index is 1.76. The van der Waals surface area contributed by atoms with Crippen molar-refractivity contribution in [3.05, 3.63) is 28.8 Å². The molecule has 5 nitrogen and oxygen atoms in total. The van der Waals surface area contributed by atoms with Crippen LogP contribution in [0.5, 0.6) is 5.75 Å². The van der Waals surface area contributed by atoms with Gasteiger partial charge >= 0.3 is 5.97 Å². The number of aryl methyl sites for hydroxylation is 1. The molecule has 1 aromatic carbocycles. The van der Waals surface area contributed by atoms with E-state index in [1.807, 2.05) is 13.0 Å². The monoisotopic (exact) mass is 353 g/mol. The number of carbonyl (C=O) groups excluding carboxylic acids is 2. The predicted molar refractivity (Wildman–Crippen MR) is 92.3 cm³/mol. The van der Waals surface area contributed by atoms with Crippen LogP contribution in [0.15, 0.2) is 18.2 Å². The minimum Gasteiger partial charge on any atom is -0.494 e. The summed E-state index contributed by atoms with van der Waals surface area (Å²) in [5.41, 5.74) is 0.119. The second kappa shape index (κ2) is 8.38. The Morgan fingerprint density at radius 3 is 2.62 bits per heavy atom. The van der Waals surface area contributed by atoms with Crippen molar-refractivity contribution in [2.24, 2.45) is 0 Å². The van der Waals surface area contributed by atoms with Crippen molar-refractivity contribution in [2.75, 3.05) is 13.7 Å². The summed E-state index contributed by atoms with van der Waals surface area (Å²) in [4.78, 5) is 24.1. The summed E-state index contributed by atoms with van der Waals surface area (Å²) in [6.07, 6.45) is 4.02. The zero-order chi connectivity index (χ0) is 17.6. The number of esters is 1. The number of nitrogens with one attached hydrogen (secondary N) is 1.